The molecule has 0 aliphatic heterocycles. The highest BCUT2D eigenvalue weighted by molar-refractivity contribution is 7.92. The van der Waals surface area contributed by atoms with Gasteiger partial charge in [0.15, 0.2) is 21.4 Å². The number of likely N-dealkylation sites (N-methyl/N-ethyl adjacent to an activating group) is 1. The van der Waals surface area contributed by atoms with Crippen molar-refractivity contribution in [1.82, 2.24) is 24.8 Å². The van der Waals surface area contributed by atoms with Crippen molar-refractivity contribution >= 4 is 39.0 Å². The fourth-order valence-electron chi connectivity index (χ4n) is 3.39. The van der Waals surface area contributed by atoms with Crippen molar-refractivity contribution in [3.05, 3.63) is 52.5 Å². The predicted molar refractivity (Wildman–Crippen MR) is 132 cm³/mol. The zero-order valence-electron chi connectivity index (χ0n) is 20.7. The molecule has 13 nitrogen and oxygen atoms in total. The molecule has 2 aromatic heterocycles. The lowest BCUT2D eigenvalue weighted by Crippen LogP contribution is -2.43. The van der Waals surface area contributed by atoms with Crippen molar-refractivity contribution in [2.45, 2.75) is 38.8 Å². The number of hydrogen-bond donors (Lipinski definition) is 2. The van der Waals surface area contributed by atoms with Gasteiger partial charge in [-0.3, -0.25) is 28.8 Å². The van der Waals surface area contributed by atoms with E-state index >= 15 is 0 Å². The predicted octanol–water partition coefficient (Wildman–Crippen LogP) is -1.41. The number of carbonyl (C=O) groups excluding carboxylic acids is 5. The van der Waals surface area contributed by atoms with Gasteiger partial charge in [-0.05, 0) is 12.5 Å². The number of Topliss-reactive ketones (excluding diaryl/α,β-unsaturated/α-hetero) is 3. The molecular weight excluding hydrogens is 506 g/mol. The molecule has 0 aliphatic carbocycles. The Morgan fingerprint density at radius 2 is 1.86 bits per heavy atom. The molecule has 0 unspecified atom stereocenters. The van der Waals surface area contributed by atoms with Crippen LogP contribution in [0.1, 0.15) is 35.8 Å². The lowest BCUT2D eigenvalue weighted by Gasteiger charge is -2.18. The molecule has 14 heteroatoms. The van der Waals surface area contributed by atoms with Crippen molar-refractivity contribution in [1.29, 1.82) is 0 Å². The molecule has 2 heterocycles. The molecule has 200 valence electrons. The molecule has 0 saturated carbocycles. The molecule has 2 aromatic rings. The normalized spacial score (nSPS) is 12.0. The molecule has 2 rings (SSSR count). The van der Waals surface area contributed by atoms with Crippen LogP contribution in [0.2, 0.25) is 0 Å². The molecule has 0 fully saturated rings. The first-order chi connectivity index (χ1) is 17.4. The number of nitrogens with one attached hydrogen (secondary N) is 2. The van der Waals surface area contributed by atoms with E-state index in [1.165, 1.54) is 49.4 Å². The SMILES string of the molecule is CCS(=O)(=O)CC(=O)Cn1cccc(CC(=O)[C@H](CCC(=O)C(=O)NC)NC(=O)c2cncn2C)c1=O. The molecule has 0 bridgehead atoms. The van der Waals surface area contributed by atoms with Crippen molar-refractivity contribution in [3.63, 3.8) is 0 Å². The Kier molecular flexibility index (Phi) is 10.2. The van der Waals surface area contributed by atoms with Crippen molar-refractivity contribution in [2.24, 2.45) is 7.05 Å². The van der Waals surface area contributed by atoms with Crippen LogP contribution in [0.15, 0.2) is 35.6 Å². The number of sulfone groups is 1. The quantitative estimate of drug-likeness (QED) is 0.274. The second kappa shape index (κ2) is 12.9. The molecular formula is C23H29N5O8S. The van der Waals surface area contributed by atoms with Gasteiger partial charge in [0.1, 0.15) is 11.4 Å². The summed E-state index contributed by atoms with van der Waals surface area (Å²) in [4.78, 5) is 78.2. The summed E-state index contributed by atoms with van der Waals surface area (Å²) in [6, 6.07) is 1.60. The fourth-order valence-corrected chi connectivity index (χ4v) is 4.18. The minimum Gasteiger partial charge on any atom is -0.353 e. The third-order valence-electron chi connectivity index (χ3n) is 5.51. The molecule has 37 heavy (non-hydrogen) atoms. The fraction of sp³-hybridized carbons (Fsp3) is 0.435. The first-order valence-corrected chi connectivity index (χ1v) is 13.2. The van der Waals surface area contributed by atoms with E-state index in [1.54, 1.807) is 7.05 Å². The van der Waals surface area contributed by atoms with E-state index in [1.807, 2.05) is 0 Å². The number of hydrogen-bond acceptors (Lipinski definition) is 9. The Labute approximate surface area is 213 Å². The van der Waals surface area contributed by atoms with Crippen LogP contribution in [-0.4, -0.2) is 76.3 Å². The zero-order chi connectivity index (χ0) is 27.8. The van der Waals surface area contributed by atoms with E-state index in [2.05, 4.69) is 15.6 Å². The van der Waals surface area contributed by atoms with Gasteiger partial charge in [0.2, 0.25) is 5.78 Å². The van der Waals surface area contributed by atoms with Crippen LogP contribution in [0.25, 0.3) is 0 Å². The topological polar surface area (TPSA) is 183 Å². The summed E-state index contributed by atoms with van der Waals surface area (Å²) >= 11 is 0. The van der Waals surface area contributed by atoms with E-state index in [9.17, 15) is 37.2 Å². The number of pyridine rings is 1. The van der Waals surface area contributed by atoms with Gasteiger partial charge in [-0.25, -0.2) is 13.4 Å². The third-order valence-corrected chi connectivity index (χ3v) is 7.16. The van der Waals surface area contributed by atoms with Crippen LogP contribution in [-0.2, 0) is 49.0 Å². The maximum Gasteiger partial charge on any atom is 0.287 e. The van der Waals surface area contributed by atoms with Crippen molar-refractivity contribution in [2.75, 3.05) is 18.6 Å². The number of ketones is 3. The largest absolute Gasteiger partial charge is 0.353 e. The maximum atomic E-state index is 13.1. The lowest BCUT2D eigenvalue weighted by molar-refractivity contribution is -0.137. The molecule has 0 aromatic carbocycles. The Morgan fingerprint density at radius 1 is 1.16 bits per heavy atom. The summed E-state index contributed by atoms with van der Waals surface area (Å²) in [5, 5.41) is 4.72. The van der Waals surface area contributed by atoms with E-state index in [0.717, 1.165) is 4.57 Å². The minimum absolute atomic E-state index is 0.0102. The second-order valence-corrected chi connectivity index (χ2v) is 10.6. The Bertz CT molecular complexity index is 1360. The van der Waals surface area contributed by atoms with Crippen LogP contribution < -0.4 is 16.2 Å². The van der Waals surface area contributed by atoms with E-state index in [-0.39, 0.29) is 29.9 Å². The Morgan fingerprint density at radius 3 is 2.46 bits per heavy atom. The summed E-state index contributed by atoms with van der Waals surface area (Å²) in [7, 11) is -0.704. The van der Waals surface area contributed by atoms with Crippen LogP contribution >= 0.6 is 0 Å². The van der Waals surface area contributed by atoms with Gasteiger partial charge in [-0.15, -0.1) is 0 Å². The monoisotopic (exact) mass is 535 g/mol. The first kappa shape index (κ1) is 29.3. The van der Waals surface area contributed by atoms with Gasteiger partial charge < -0.3 is 19.8 Å². The molecule has 0 radical (unpaired) electrons. The van der Waals surface area contributed by atoms with Gasteiger partial charge in [-0.1, -0.05) is 13.0 Å². The molecule has 0 saturated heterocycles. The second-order valence-electron chi connectivity index (χ2n) is 8.28. The Hall–Kier alpha value is -3.94. The highest BCUT2D eigenvalue weighted by Gasteiger charge is 2.26. The van der Waals surface area contributed by atoms with Gasteiger partial charge in [0.05, 0.1) is 25.1 Å². The Balaban J connectivity index is 2.23. The summed E-state index contributed by atoms with van der Waals surface area (Å²) in [6.07, 6.45) is 3.02. The number of aromatic nitrogens is 3. The van der Waals surface area contributed by atoms with Crippen molar-refractivity contribution < 1.29 is 32.4 Å². The number of imidazole rings is 1. The highest BCUT2D eigenvalue weighted by Crippen LogP contribution is 2.07. The molecule has 2 amide bonds. The summed E-state index contributed by atoms with van der Waals surface area (Å²) in [5.74, 6) is -4.46. The van der Waals surface area contributed by atoms with E-state index in [4.69, 9.17) is 0 Å². The average Bonchev–Trinajstić information content (AvgIpc) is 3.28. The summed E-state index contributed by atoms with van der Waals surface area (Å²) < 4.78 is 25.8. The standard InChI is InChI=1S/C23H29N5O8S/c1-4-37(35,36)13-16(29)12-28-9-5-6-15(23(28)34)10-20(31)17(7-8-19(30)22(33)24-2)26-21(32)18-11-25-14-27(18)3/h5-6,9,11,14,17H,4,7-8,10,12-13H2,1-3H3,(H,24,33)(H,26,32)/t17-/m0/s1. The summed E-state index contributed by atoms with van der Waals surface area (Å²) in [5.41, 5.74) is -0.509. The van der Waals surface area contributed by atoms with Gasteiger partial charge in [-0.2, -0.15) is 0 Å². The van der Waals surface area contributed by atoms with Gasteiger partial charge >= 0.3 is 0 Å². The van der Waals surface area contributed by atoms with E-state index < -0.39 is 69.3 Å². The van der Waals surface area contributed by atoms with Crippen LogP contribution in [0, 0.1) is 0 Å². The number of amides is 2. The number of aryl methyl sites for hydroxylation is 1. The number of rotatable bonds is 14. The van der Waals surface area contributed by atoms with Gasteiger partial charge in [0.25, 0.3) is 17.4 Å². The molecule has 0 spiro atoms. The summed E-state index contributed by atoms with van der Waals surface area (Å²) in [6.45, 7) is 0.925. The smallest absolute Gasteiger partial charge is 0.287 e. The van der Waals surface area contributed by atoms with E-state index in [0.29, 0.717) is 0 Å². The molecule has 1 atom stereocenters. The minimum atomic E-state index is -3.57. The number of carbonyl (C=O) groups is 5. The first-order valence-electron chi connectivity index (χ1n) is 11.3. The van der Waals surface area contributed by atoms with Gasteiger partial charge in [0, 0.05) is 44.5 Å². The van der Waals surface area contributed by atoms with Crippen LogP contribution in [0.4, 0.5) is 0 Å². The zero-order valence-corrected chi connectivity index (χ0v) is 21.5. The third kappa shape index (κ3) is 8.31. The maximum absolute atomic E-state index is 13.1. The van der Waals surface area contributed by atoms with Crippen LogP contribution in [0.5, 0.6) is 0 Å². The lowest BCUT2D eigenvalue weighted by atomic mass is 9.99. The van der Waals surface area contributed by atoms with Crippen LogP contribution in [0.3, 0.4) is 0 Å². The molecule has 0 aliphatic rings. The number of nitrogens with zero attached hydrogens (tertiary/aromatic N) is 3. The molecule has 2 N–H and O–H groups in total. The highest BCUT2D eigenvalue weighted by atomic mass is 32.2. The average molecular weight is 536 g/mol. The van der Waals surface area contributed by atoms with Crippen molar-refractivity contribution in [3.8, 4) is 0 Å².